The minimum absolute atomic E-state index is 0.128. The standard InChI is InChI=1S/C21H27NO3/c1-16(18-8-7-17-5-2-3-6-19(17)15-18)21(24)22-11-9-20(10-12-22)25-14-4-13-23/h2-3,5-8,15-16,20,23H,4,9-14H2,1H3. The van der Waals surface area contributed by atoms with Crippen molar-refractivity contribution >= 4 is 16.7 Å². The Morgan fingerprint density at radius 1 is 1.20 bits per heavy atom. The Balaban J connectivity index is 1.58. The summed E-state index contributed by atoms with van der Waals surface area (Å²) in [5.74, 6) is 0.0700. The molecule has 1 saturated heterocycles. The van der Waals surface area contributed by atoms with Crippen LogP contribution in [0, 0.1) is 0 Å². The van der Waals surface area contributed by atoms with E-state index in [1.54, 1.807) is 0 Å². The van der Waals surface area contributed by atoms with E-state index in [2.05, 4.69) is 30.3 Å². The van der Waals surface area contributed by atoms with Crippen molar-refractivity contribution in [3.8, 4) is 0 Å². The maximum atomic E-state index is 12.9. The van der Waals surface area contributed by atoms with Crippen molar-refractivity contribution in [2.45, 2.75) is 38.2 Å². The Morgan fingerprint density at radius 2 is 1.92 bits per heavy atom. The summed E-state index contributed by atoms with van der Waals surface area (Å²) in [5, 5.41) is 11.2. The first kappa shape index (κ1) is 17.9. The van der Waals surface area contributed by atoms with Crippen LogP contribution in [0.5, 0.6) is 0 Å². The smallest absolute Gasteiger partial charge is 0.229 e. The first-order valence-corrected chi connectivity index (χ1v) is 9.19. The zero-order valence-electron chi connectivity index (χ0n) is 14.9. The largest absolute Gasteiger partial charge is 0.396 e. The van der Waals surface area contributed by atoms with Crippen molar-refractivity contribution in [1.82, 2.24) is 4.90 Å². The summed E-state index contributed by atoms with van der Waals surface area (Å²) in [6.07, 6.45) is 2.65. The Hall–Kier alpha value is -1.91. The van der Waals surface area contributed by atoms with E-state index in [1.165, 1.54) is 10.8 Å². The molecule has 0 bridgehead atoms. The van der Waals surface area contributed by atoms with Crippen LogP contribution in [0.2, 0.25) is 0 Å². The van der Waals surface area contributed by atoms with Gasteiger partial charge in [0.1, 0.15) is 0 Å². The van der Waals surface area contributed by atoms with Crippen LogP contribution in [0.1, 0.15) is 37.7 Å². The fraction of sp³-hybridized carbons (Fsp3) is 0.476. The van der Waals surface area contributed by atoms with Gasteiger partial charge in [-0.2, -0.15) is 0 Å². The van der Waals surface area contributed by atoms with Crippen LogP contribution in [-0.2, 0) is 9.53 Å². The number of carbonyl (C=O) groups is 1. The predicted octanol–water partition coefficient (Wildman–Crippen LogP) is 3.33. The molecule has 1 aliphatic rings. The molecule has 0 saturated carbocycles. The van der Waals surface area contributed by atoms with Crippen LogP contribution < -0.4 is 0 Å². The fourth-order valence-corrected chi connectivity index (χ4v) is 3.45. The van der Waals surface area contributed by atoms with Crippen LogP contribution in [0.15, 0.2) is 42.5 Å². The number of aliphatic hydroxyl groups excluding tert-OH is 1. The zero-order valence-corrected chi connectivity index (χ0v) is 14.9. The first-order chi connectivity index (χ1) is 12.2. The SMILES string of the molecule is CC(C(=O)N1CCC(OCCCO)CC1)c1ccc2ccccc2c1. The number of rotatable bonds is 6. The molecule has 0 radical (unpaired) electrons. The van der Waals surface area contributed by atoms with E-state index in [9.17, 15) is 4.79 Å². The molecule has 4 nitrogen and oxygen atoms in total. The molecule has 0 spiro atoms. The van der Waals surface area contributed by atoms with Gasteiger partial charge in [0.25, 0.3) is 0 Å². The lowest BCUT2D eigenvalue weighted by molar-refractivity contribution is -0.135. The van der Waals surface area contributed by atoms with Crippen LogP contribution in [-0.4, -0.2) is 48.3 Å². The Kier molecular flexibility index (Phi) is 6.05. The lowest BCUT2D eigenvalue weighted by Crippen LogP contribution is -2.42. The number of aliphatic hydroxyl groups is 1. The summed E-state index contributed by atoms with van der Waals surface area (Å²) >= 11 is 0. The summed E-state index contributed by atoms with van der Waals surface area (Å²) in [6.45, 7) is 4.26. The molecule has 1 fully saturated rings. The van der Waals surface area contributed by atoms with Crippen molar-refractivity contribution in [2.75, 3.05) is 26.3 Å². The minimum atomic E-state index is -0.128. The molecule has 1 aliphatic heterocycles. The van der Waals surface area contributed by atoms with E-state index in [-0.39, 0.29) is 24.5 Å². The first-order valence-electron chi connectivity index (χ1n) is 9.19. The third-order valence-corrected chi connectivity index (χ3v) is 5.05. The maximum Gasteiger partial charge on any atom is 0.229 e. The quantitative estimate of drug-likeness (QED) is 0.820. The number of benzene rings is 2. The van der Waals surface area contributed by atoms with Crippen molar-refractivity contribution in [3.05, 3.63) is 48.0 Å². The molecule has 25 heavy (non-hydrogen) atoms. The second kappa shape index (κ2) is 8.45. The summed E-state index contributed by atoms with van der Waals surface area (Å²) in [7, 11) is 0. The summed E-state index contributed by atoms with van der Waals surface area (Å²) in [5.41, 5.74) is 1.07. The van der Waals surface area contributed by atoms with Gasteiger partial charge in [-0.1, -0.05) is 42.5 Å². The lowest BCUT2D eigenvalue weighted by atomic mass is 9.95. The highest BCUT2D eigenvalue weighted by atomic mass is 16.5. The van der Waals surface area contributed by atoms with Crippen LogP contribution in [0.4, 0.5) is 0 Å². The minimum Gasteiger partial charge on any atom is -0.396 e. The number of hydrogen-bond donors (Lipinski definition) is 1. The van der Waals surface area contributed by atoms with Gasteiger partial charge in [-0.05, 0) is 42.5 Å². The van der Waals surface area contributed by atoms with Gasteiger partial charge < -0.3 is 14.7 Å². The molecular formula is C21H27NO3. The number of hydrogen-bond acceptors (Lipinski definition) is 3. The van der Waals surface area contributed by atoms with Gasteiger partial charge in [0.2, 0.25) is 5.91 Å². The van der Waals surface area contributed by atoms with Crippen molar-refractivity contribution < 1.29 is 14.6 Å². The normalized spacial score (nSPS) is 17.0. The van der Waals surface area contributed by atoms with Gasteiger partial charge in [-0.15, -0.1) is 0 Å². The average Bonchev–Trinajstić information content (AvgIpc) is 2.67. The molecule has 134 valence electrons. The monoisotopic (exact) mass is 341 g/mol. The van der Waals surface area contributed by atoms with Crippen LogP contribution in [0.25, 0.3) is 10.8 Å². The van der Waals surface area contributed by atoms with Gasteiger partial charge in [-0.25, -0.2) is 0 Å². The maximum absolute atomic E-state index is 12.9. The second-order valence-corrected chi connectivity index (χ2v) is 6.80. The molecule has 1 amide bonds. The number of amides is 1. The van der Waals surface area contributed by atoms with E-state index in [0.717, 1.165) is 31.5 Å². The third-order valence-electron chi connectivity index (χ3n) is 5.05. The van der Waals surface area contributed by atoms with Gasteiger partial charge in [0, 0.05) is 26.3 Å². The molecule has 1 atom stereocenters. The molecule has 0 aromatic heterocycles. The second-order valence-electron chi connectivity index (χ2n) is 6.80. The number of fused-ring (bicyclic) bond motifs is 1. The number of nitrogens with zero attached hydrogens (tertiary/aromatic N) is 1. The molecule has 1 heterocycles. The van der Waals surface area contributed by atoms with E-state index in [0.29, 0.717) is 13.0 Å². The van der Waals surface area contributed by atoms with Crippen molar-refractivity contribution in [3.63, 3.8) is 0 Å². The number of likely N-dealkylation sites (tertiary alicyclic amines) is 1. The molecule has 0 aliphatic carbocycles. The van der Waals surface area contributed by atoms with Gasteiger partial charge >= 0.3 is 0 Å². The summed E-state index contributed by atoms with van der Waals surface area (Å²) < 4.78 is 5.75. The average molecular weight is 341 g/mol. The predicted molar refractivity (Wildman–Crippen MR) is 99.6 cm³/mol. The van der Waals surface area contributed by atoms with Gasteiger partial charge in [0.05, 0.1) is 12.0 Å². The Morgan fingerprint density at radius 3 is 2.64 bits per heavy atom. The molecule has 2 aromatic rings. The van der Waals surface area contributed by atoms with Crippen LogP contribution >= 0.6 is 0 Å². The van der Waals surface area contributed by atoms with Crippen molar-refractivity contribution in [2.24, 2.45) is 0 Å². The number of ether oxygens (including phenoxy) is 1. The topological polar surface area (TPSA) is 49.8 Å². The van der Waals surface area contributed by atoms with Crippen molar-refractivity contribution in [1.29, 1.82) is 0 Å². The zero-order chi connectivity index (χ0) is 17.6. The van der Waals surface area contributed by atoms with E-state index < -0.39 is 0 Å². The third kappa shape index (κ3) is 4.39. The molecule has 3 rings (SSSR count). The lowest BCUT2D eigenvalue weighted by Gasteiger charge is -2.33. The summed E-state index contributed by atoms with van der Waals surface area (Å²) in [6, 6.07) is 14.5. The molecule has 1 N–H and O–H groups in total. The van der Waals surface area contributed by atoms with E-state index >= 15 is 0 Å². The molecule has 2 aromatic carbocycles. The highest BCUT2D eigenvalue weighted by Crippen LogP contribution is 2.25. The van der Waals surface area contributed by atoms with Gasteiger partial charge in [0.15, 0.2) is 0 Å². The number of carbonyl (C=O) groups excluding carboxylic acids is 1. The Bertz CT molecular complexity index is 707. The fourth-order valence-electron chi connectivity index (χ4n) is 3.45. The molecule has 4 heteroatoms. The Labute approximate surface area is 149 Å². The molecule has 1 unspecified atom stereocenters. The van der Waals surface area contributed by atoms with E-state index in [1.807, 2.05) is 24.0 Å². The molecular weight excluding hydrogens is 314 g/mol. The highest BCUT2D eigenvalue weighted by molar-refractivity contribution is 5.87. The van der Waals surface area contributed by atoms with Gasteiger partial charge in [-0.3, -0.25) is 4.79 Å². The summed E-state index contributed by atoms with van der Waals surface area (Å²) in [4.78, 5) is 14.8. The number of piperidine rings is 1. The van der Waals surface area contributed by atoms with E-state index in [4.69, 9.17) is 9.84 Å². The van der Waals surface area contributed by atoms with Crippen LogP contribution in [0.3, 0.4) is 0 Å². The highest BCUT2D eigenvalue weighted by Gasteiger charge is 2.27.